The van der Waals surface area contributed by atoms with Gasteiger partial charge in [-0.3, -0.25) is 0 Å². The Morgan fingerprint density at radius 3 is 2.83 bits per heavy atom. The minimum Gasteiger partial charge on any atom is -0.454 e. The second-order valence-corrected chi connectivity index (χ2v) is 5.03. The summed E-state index contributed by atoms with van der Waals surface area (Å²) in [5.74, 6) is 1.69. The molecule has 1 fully saturated rings. The summed E-state index contributed by atoms with van der Waals surface area (Å²) in [5, 5.41) is 3.47. The minimum atomic E-state index is 0.0797. The summed E-state index contributed by atoms with van der Waals surface area (Å²) in [5.41, 5.74) is 1.29. The number of hydrogen-bond donors (Lipinski definition) is 1. The molecule has 1 aliphatic carbocycles. The van der Waals surface area contributed by atoms with Gasteiger partial charge >= 0.3 is 0 Å². The number of ether oxygens (including phenoxy) is 3. The SMILES string of the molecule is COC1(CNCc2ccc3c(c2)OCO3)CCC1. The molecule has 0 atom stereocenters. The van der Waals surface area contributed by atoms with E-state index in [2.05, 4.69) is 11.4 Å². The first-order valence-corrected chi connectivity index (χ1v) is 6.46. The molecule has 98 valence electrons. The molecule has 1 aromatic carbocycles. The Labute approximate surface area is 107 Å². The van der Waals surface area contributed by atoms with Gasteiger partial charge in [-0.15, -0.1) is 0 Å². The maximum absolute atomic E-state index is 5.58. The molecule has 18 heavy (non-hydrogen) atoms. The maximum atomic E-state index is 5.58. The smallest absolute Gasteiger partial charge is 0.231 e. The van der Waals surface area contributed by atoms with Crippen molar-refractivity contribution in [2.45, 2.75) is 31.4 Å². The minimum absolute atomic E-state index is 0.0797. The van der Waals surface area contributed by atoms with Crippen molar-refractivity contribution in [1.82, 2.24) is 5.32 Å². The van der Waals surface area contributed by atoms with Crippen molar-refractivity contribution in [3.8, 4) is 11.5 Å². The molecule has 1 heterocycles. The standard InChI is InChI=1S/C14H19NO3/c1-16-14(5-2-6-14)9-15-8-11-3-4-12-13(7-11)18-10-17-12/h3-4,7,15H,2,5-6,8-10H2,1H3. The molecule has 0 spiro atoms. The topological polar surface area (TPSA) is 39.7 Å². The van der Waals surface area contributed by atoms with E-state index in [1.165, 1.54) is 12.0 Å². The molecule has 0 aromatic heterocycles. The van der Waals surface area contributed by atoms with E-state index in [1.54, 1.807) is 7.11 Å². The monoisotopic (exact) mass is 249 g/mol. The van der Waals surface area contributed by atoms with Gasteiger partial charge in [0.25, 0.3) is 0 Å². The van der Waals surface area contributed by atoms with E-state index in [0.29, 0.717) is 6.79 Å². The highest BCUT2D eigenvalue weighted by molar-refractivity contribution is 5.44. The molecule has 1 aliphatic heterocycles. The molecule has 1 saturated carbocycles. The zero-order chi connectivity index (χ0) is 12.4. The van der Waals surface area contributed by atoms with Crippen LogP contribution in [0.2, 0.25) is 0 Å². The molecule has 0 bridgehead atoms. The number of methoxy groups -OCH3 is 1. The predicted molar refractivity (Wildman–Crippen MR) is 67.9 cm³/mol. The molecule has 2 aliphatic rings. The van der Waals surface area contributed by atoms with Gasteiger partial charge in [0.05, 0.1) is 5.60 Å². The second kappa shape index (κ2) is 4.78. The molecule has 3 rings (SSSR count). The van der Waals surface area contributed by atoms with Gasteiger partial charge in [0.15, 0.2) is 11.5 Å². The molecule has 4 heteroatoms. The van der Waals surface area contributed by atoms with Gasteiger partial charge in [0.1, 0.15) is 0 Å². The molecule has 4 nitrogen and oxygen atoms in total. The summed E-state index contributed by atoms with van der Waals surface area (Å²) in [4.78, 5) is 0. The van der Waals surface area contributed by atoms with Gasteiger partial charge in [0.2, 0.25) is 6.79 Å². The van der Waals surface area contributed by atoms with Gasteiger partial charge in [-0.1, -0.05) is 6.07 Å². The van der Waals surface area contributed by atoms with E-state index < -0.39 is 0 Å². The van der Waals surface area contributed by atoms with Gasteiger partial charge in [-0.05, 0) is 37.0 Å². The number of fused-ring (bicyclic) bond motifs is 1. The van der Waals surface area contributed by atoms with E-state index in [4.69, 9.17) is 14.2 Å². The van der Waals surface area contributed by atoms with Crippen LogP contribution in [0.5, 0.6) is 11.5 Å². The van der Waals surface area contributed by atoms with E-state index in [0.717, 1.165) is 37.4 Å². The zero-order valence-electron chi connectivity index (χ0n) is 10.7. The Morgan fingerprint density at radius 1 is 1.28 bits per heavy atom. The second-order valence-electron chi connectivity index (χ2n) is 5.03. The fourth-order valence-corrected chi connectivity index (χ4v) is 2.51. The van der Waals surface area contributed by atoms with Gasteiger partial charge in [-0.25, -0.2) is 0 Å². The van der Waals surface area contributed by atoms with Gasteiger partial charge in [-0.2, -0.15) is 0 Å². The lowest BCUT2D eigenvalue weighted by Gasteiger charge is -2.40. The van der Waals surface area contributed by atoms with Crippen LogP contribution in [0.15, 0.2) is 18.2 Å². The molecule has 1 N–H and O–H groups in total. The van der Waals surface area contributed by atoms with Crippen LogP contribution in [0.4, 0.5) is 0 Å². The van der Waals surface area contributed by atoms with Crippen molar-refractivity contribution >= 4 is 0 Å². The van der Waals surface area contributed by atoms with Crippen LogP contribution in [0, 0.1) is 0 Å². The van der Waals surface area contributed by atoms with Crippen LogP contribution in [0.25, 0.3) is 0 Å². The first-order valence-electron chi connectivity index (χ1n) is 6.46. The number of hydrogen-bond acceptors (Lipinski definition) is 4. The predicted octanol–water partition coefficient (Wildman–Crippen LogP) is 2.07. The van der Waals surface area contributed by atoms with Crippen LogP contribution in [0.3, 0.4) is 0 Å². The first kappa shape index (κ1) is 11.8. The third kappa shape index (κ3) is 2.18. The van der Waals surface area contributed by atoms with Gasteiger partial charge in [0, 0.05) is 20.2 Å². The van der Waals surface area contributed by atoms with Crippen molar-refractivity contribution in [2.24, 2.45) is 0 Å². The average molecular weight is 249 g/mol. The Bertz CT molecular complexity index is 424. The molecule has 0 radical (unpaired) electrons. The van der Waals surface area contributed by atoms with E-state index in [9.17, 15) is 0 Å². The maximum Gasteiger partial charge on any atom is 0.231 e. The van der Waals surface area contributed by atoms with Crippen molar-refractivity contribution in [2.75, 3.05) is 20.4 Å². The lowest BCUT2D eigenvalue weighted by molar-refractivity contribution is -0.0695. The average Bonchev–Trinajstić information content (AvgIpc) is 2.80. The summed E-state index contributed by atoms with van der Waals surface area (Å²) < 4.78 is 16.2. The summed E-state index contributed by atoms with van der Waals surface area (Å²) in [6.07, 6.45) is 3.61. The fraction of sp³-hybridized carbons (Fsp3) is 0.571. The summed E-state index contributed by atoms with van der Waals surface area (Å²) in [7, 11) is 1.81. The molecule has 1 aromatic rings. The van der Waals surface area contributed by atoms with Crippen LogP contribution >= 0.6 is 0 Å². The Morgan fingerprint density at radius 2 is 2.11 bits per heavy atom. The van der Waals surface area contributed by atoms with E-state index in [1.807, 2.05) is 12.1 Å². The molecular weight excluding hydrogens is 230 g/mol. The highest BCUT2D eigenvalue weighted by Gasteiger charge is 2.36. The van der Waals surface area contributed by atoms with Crippen molar-refractivity contribution in [1.29, 1.82) is 0 Å². The van der Waals surface area contributed by atoms with Crippen molar-refractivity contribution in [3.05, 3.63) is 23.8 Å². The summed E-state index contributed by atoms with van der Waals surface area (Å²) in [6.45, 7) is 2.08. The Balaban J connectivity index is 1.54. The van der Waals surface area contributed by atoms with Crippen LogP contribution < -0.4 is 14.8 Å². The summed E-state index contributed by atoms with van der Waals surface area (Å²) in [6, 6.07) is 6.07. The molecule has 0 unspecified atom stereocenters. The van der Waals surface area contributed by atoms with Crippen LogP contribution in [0.1, 0.15) is 24.8 Å². The Kier molecular flexibility index (Phi) is 3.14. The molecule has 0 amide bonds. The number of benzene rings is 1. The first-order chi connectivity index (χ1) is 8.81. The molecular formula is C14H19NO3. The van der Waals surface area contributed by atoms with E-state index in [-0.39, 0.29) is 5.60 Å². The largest absolute Gasteiger partial charge is 0.454 e. The third-order valence-corrected chi connectivity index (χ3v) is 3.91. The number of nitrogens with one attached hydrogen (secondary N) is 1. The van der Waals surface area contributed by atoms with E-state index >= 15 is 0 Å². The normalized spacial score (nSPS) is 19.6. The molecule has 0 saturated heterocycles. The van der Waals surface area contributed by atoms with Crippen molar-refractivity contribution < 1.29 is 14.2 Å². The number of rotatable bonds is 5. The highest BCUT2D eigenvalue weighted by Crippen LogP contribution is 2.35. The van der Waals surface area contributed by atoms with Crippen LogP contribution in [-0.2, 0) is 11.3 Å². The van der Waals surface area contributed by atoms with Crippen molar-refractivity contribution in [3.63, 3.8) is 0 Å². The fourth-order valence-electron chi connectivity index (χ4n) is 2.51. The third-order valence-electron chi connectivity index (χ3n) is 3.91. The lowest BCUT2D eigenvalue weighted by Crippen LogP contribution is -2.47. The summed E-state index contributed by atoms with van der Waals surface area (Å²) >= 11 is 0. The zero-order valence-corrected chi connectivity index (χ0v) is 10.7. The Hall–Kier alpha value is -1.26. The lowest BCUT2D eigenvalue weighted by atomic mass is 9.80. The quantitative estimate of drug-likeness (QED) is 0.867. The van der Waals surface area contributed by atoms with Gasteiger partial charge < -0.3 is 19.5 Å². The van der Waals surface area contributed by atoms with Crippen LogP contribution in [-0.4, -0.2) is 26.0 Å². The highest BCUT2D eigenvalue weighted by atomic mass is 16.7.